The van der Waals surface area contributed by atoms with E-state index in [9.17, 15) is 9.59 Å². The van der Waals surface area contributed by atoms with E-state index >= 15 is 0 Å². The molecule has 1 aromatic carbocycles. The molecule has 0 spiro atoms. The predicted octanol–water partition coefficient (Wildman–Crippen LogP) is 2.71. The van der Waals surface area contributed by atoms with Crippen molar-refractivity contribution in [2.45, 2.75) is 31.7 Å². The van der Waals surface area contributed by atoms with Gasteiger partial charge in [0.05, 0.1) is 5.92 Å². The lowest BCUT2D eigenvalue weighted by atomic mass is 9.84. The van der Waals surface area contributed by atoms with Crippen LogP contribution in [-0.4, -0.2) is 23.0 Å². The highest BCUT2D eigenvalue weighted by atomic mass is 35.5. The first-order chi connectivity index (χ1) is 9.08. The Hall–Kier alpha value is -1.55. The van der Waals surface area contributed by atoms with Crippen molar-refractivity contribution in [2.75, 3.05) is 0 Å². The zero-order valence-corrected chi connectivity index (χ0v) is 11.2. The molecule has 1 amide bonds. The van der Waals surface area contributed by atoms with Crippen LogP contribution in [0.1, 0.15) is 36.0 Å². The fraction of sp³-hybridized carbons (Fsp3) is 0.429. The number of hydrogen-bond acceptors (Lipinski definition) is 2. The van der Waals surface area contributed by atoms with Crippen molar-refractivity contribution in [3.8, 4) is 0 Å². The molecule has 1 aromatic rings. The van der Waals surface area contributed by atoms with Crippen molar-refractivity contribution < 1.29 is 14.7 Å². The maximum Gasteiger partial charge on any atom is 0.308 e. The van der Waals surface area contributed by atoms with E-state index in [4.69, 9.17) is 16.7 Å². The Morgan fingerprint density at radius 1 is 1.16 bits per heavy atom. The van der Waals surface area contributed by atoms with Crippen LogP contribution in [0.4, 0.5) is 0 Å². The van der Waals surface area contributed by atoms with Gasteiger partial charge >= 0.3 is 5.97 Å². The normalized spacial score (nSPS) is 22.8. The number of amides is 1. The van der Waals surface area contributed by atoms with E-state index in [0.717, 1.165) is 19.3 Å². The molecule has 0 unspecified atom stereocenters. The molecule has 0 heterocycles. The van der Waals surface area contributed by atoms with E-state index in [-0.39, 0.29) is 11.9 Å². The maximum absolute atomic E-state index is 12.0. The van der Waals surface area contributed by atoms with E-state index in [1.165, 1.54) is 0 Å². The highest BCUT2D eigenvalue weighted by Crippen LogP contribution is 2.25. The van der Waals surface area contributed by atoms with Crippen LogP contribution in [0.3, 0.4) is 0 Å². The van der Waals surface area contributed by atoms with Crippen LogP contribution in [0.25, 0.3) is 0 Å². The number of rotatable bonds is 3. The smallest absolute Gasteiger partial charge is 0.308 e. The monoisotopic (exact) mass is 281 g/mol. The molecule has 1 saturated carbocycles. The fourth-order valence-corrected chi connectivity index (χ4v) is 2.58. The third-order valence-corrected chi connectivity index (χ3v) is 3.76. The zero-order chi connectivity index (χ0) is 13.8. The van der Waals surface area contributed by atoms with E-state index < -0.39 is 11.9 Å². The summed E-state index contributed by atoms with van der Waals surface area (Å²) in [6.07, 6.45) is 3.21. The topological polar surface area (TPSA) is 66.4 Å². The summed E-state index contributed by atoms with van der Waals surface area (Å²) in [4.78, 5) is 23.2. The Balaban J connectivity index is 2.04. The highest BCUT2D eigenvalue weighted by Gasteiger charge is 2.31. The Labute approximate surface area is 116 Å². The molecule has 0 aromatic heterocycles. The fourth-order valence-electron chi connectivity index (χ4n) is 2.45. The number of hydrogen-bond donors (Lipinski definition) is 2. The van der Waals surface area contributed by atoms with Crippen molar-refractivity contribution in [3.05, 3.63) is 34.9 Å². The van der Waals surface area contributed by atoms with Gasteiger partial charge in [-0.1, -0.05) is 24.4 Å². The van der Waals surface area contributed by atoms with Gasteiger partial charge < -0.3 is 10.4 Å². The summed E-state index contributed by atoms with van der Waals surface area (Å²) in [5.41, 5.74) is 0.499. The number of nitrogens with one attached hydrogen (secondary N) is 1. The largest absolute Gasteiger partial charge is 0.481 e. The number of aliphatic carboxylic acids is 1. The van der Waals surface area contributed by atoms with Crippen LogP contribution in [-0.2, 0) is 4.79 Å². The van der Waals surface area contributed by atoms with Crippen LogP contribution in [0.2, 0.25) is 5.02 Å². The maximum atomic E-state index is 12.0. The molecule has 2 atom stereocenters. The van der Waals surface area contributed by atoms with Crippen LogP contribution in [0, 0.1) is 5.92 Å². The van der Waals surface area contributed by atoms with Gasteiger partial charge in [-0.3, -0.25) is 9.59 Å². The Kier molecular flexibility index (Phi) is 4.43. The second kappa shape index (κ2) is 6.06. The van der Waals surface area contributed by atoms with Crippen LogP contribution in [0.15, 0.2) is 24.3 Å². The third-order valence-electron chi connectivity index (χ3n) is 3.51. The molecule has 0 bridgehead atoms. The first-order valence-electron chi connectivity index (χ1n) is 6.37. The second-order valence-electron chi connectivity index (χ2n) is 4.82. The lowest BCUT2D eigenvalue weighted by molar-refractivity contribution is -0.143. The summed E-state index contributed by atoms with van der Waals surface area (Å²) in [5, 5.41) is 12.6. The zero-order valence-electron chi connectivity index (χ0n) is 10.4. The molecule has 4 nitrogen and oxygen atoms in total. The standard InChI is InChI=1S/C14H16ClNO3/c15-10-7-5-9(6-8-10)13(17)16-12-4-2-1-3-11(12)14(18)19/h5-8,11-12H,1-4H2,(H,16,17)(H,18,19)/t11-,12+/m1/s1. The van der Waals surface area contributed by atoms with E-state index in [0.29, 0.717) is 17.0 Å². The number of carbonyl (C=O) groups is 2. The van der Waals surface area contributed by atoms with Gasteiger partial charge in [0.1, 0.15) is 0 Å². The third kappa shape index (κ3) is 3.47. The minimum atomic E-state index is -0.832. The van der Waals surface area contributed by atoms with Gasteiger partial charge in [0.25, 0.3) is 5.91 Å². The van der Waals surface area contributed by atoms with Gasteiger partial charge in [-0.25, -0.2) is 0 Å². The molecule has 1 aliphatic carbocycles. The summed E-state index contributed by atoms with van der Waals surface area (Å²) in [7, 11) is 0. The SMILES string of the molecule is O=C(N[C@H]1CCCC[C@H]1C(=O)O)c1ccc(Cl)cc1. The highest BCUT2D eigenvalue weighted by molar-refractivity contribution is 6.30. The van der Waals surface area contributed by atoms with Gasteiger partial charge in [-0.05, 0) is 37.1 Å². The number of carboxylic acids is 1. The summed E-state index contributed by atoms with van der Waals surface area (Å²) >= 11 is 5.76. The minimum Gasteiger partial charge on any atom is -0.481 e. The molecule has 5 heteroatoms. The average molecular weight is 282 g/mol. The van der Waals surface area contributed by atoms with E-state index in [2.05, 4.69) is 5.32 Å². The summed E-state index contributed by atoms with van der Waals surface area (Å²) < 4.78 is 0. The van der Waals surface area contributed by atoms with Gasteiger partial charge in [-0.15, -0.1) is 0 Å². The molecule has 0 radical (unpaired) electrons. The first kappa shape index (κ1) is 13.9. The number of carboxylic acid groups (broad SMARTS) is 1. The van der Waals surface area contributed by atoms with Gasteiger partial charge in [0.15, 0.2) is 0 Å². The van der Waals surface area contributed by atoms with Crippen molar-refractivity contribution in [1.29, 1.82) is 0 Å². The Morgan fingerprint density at radius 2 is 1.79 bits per heavy atom. The van der Waals surface area contributed by atoms with Crippen molar-refractivity contribution in [1.82, 2.24) is 5.32 Å². The van der Waals surface area contributed by atoms with Crippen LogP contribution in [0.5, 0.6) is 0 Å². The molecule has 2 rings (SSSR count). The lowest BCUT2D eigenvalue weighted by Crippen LogP contribution is -2.45. The van der Waals surface area contributed by atoms with Gasteiger partial charge in [-0.2, -0.15) is 0 Å². The van der Waals surface area contributed by atoms with E-state index in [1.54, 1.807) is 24.3 Å². The molecule has 19 heavy (non-hydrogen) atoms. The summed E-state index contributed by atoms with van der Waals surface area (Å²) in [6, 6.07) is 6.28. The first-order valence-corrected chi connectivity index (χ1v) is 6.75. The molecular weight excluding hydrogens is 266 g/mol. The number of benzene rings is 1. The van der Waals surface area contributed by atoms with Crippen LogP contribution < -0.4 is 5.32 Å². The van der Waals surface area contributed by atoms with Gasteiger partial charge in [0, 0.05) is 16.6 Å². The Morgan fingerprint density at radius 3 is 2.42 bits per heavy atom. The van der Waals surface area contributed by atoms with Crippen molar-refractivity contribution in [2.24, 2.45) is 5.92 Å². The molecule has 2 N–H and O–H groups in total. The lowest BCUT2D eigenvalue weighted by Gasteiger charge is -2.29. The molecule has 1 fully saturated rings. The average Bonchev–Trinajstić information content (AvgIpc) is 2.39. The Bertz CT molecular complexity index is 472. The van der Waals surface area contributed by atoms with Crippen LogP contribution >= 0.6 is 11.6 Å². The number of halogens is 1. The summed E-state index contributed by atoms with van der Waals surface area (Å²) in [6.45, 7) is 0. The molecular formula is C14H16ClNO3. The van der Waals surface area contributed by atoms with Crippen molar-refractivity contribution in [3.63, 3.8) is 0 Å². The second-order valence-corrected chi connectivity index (χ2v) is 5.25. The quantitative estimate of drug-likeness (QED) is 0.895. The molecule has 0 saturated heterocycles. The van der Waals surface area contributed by atoms with Crippen molar-refractivity contribution >= 4 is 23.5 Å². The molecule has 102 valence electrons. The number of carbonyl (C=O) groups excluding carboxylic acids is 1. The summed E-state index contributed by atoms with van der Waals surface area (Å²) in [5.74, 6) is -1.55. The van der Waals surface area contributed by atoms with Gasteiger partial charge in [0.2, 0.25) is 0 Å². The predicted molar refractivity (Wildman–Crippen MR) is 72.3 cm³/mol. The molecule has 0 aliphatic heterocycles. The minimum absolute atomic E-state index is 0.241. The van der Waals surface area contributed by atoms with E-state index in [1.807, 2.05) is 0 Å². The molecule has 1 aliphatic rings.